The third kappa shape index (κ3) is 4.44. The van der Waals surface area contributed by atoms with Crippen molar-refractivity contribution in [3.05, 3.63) is 47.8 Å². The largest absolute Gasteiger partial charge is 0.341 e. The molecule has 24 heavy (non-hydrogen) atoms. The average Bonchev–Trinajstić information content (AvgIpc) is 2.58. The Morgan fingerprint density at radius 2 is 1.67 bits per heavy atom. The van der Waals surface area contributed by atoms with E-state index in [1.54, 1.807) is 0 Å². The van der Waals surface area contributed by atoms with Crippen molar-refractivity contribution in [2.45, 2.75) is 31.9 Å². The monoisotopic (exact) mass is 346 g/mol. The molecule has 1 saturated heterocycles. The van der Waals surface area contributed by atoms with Crippen LogP contribution in [-0.2, 0) is 15.8 Å². The molecule has 0 radical (unpaired) electrons. The van der Waals surface area contributed by atoms with Gasteiger partial charge < -0.3 is 4.90 Å². The normalized spacial score (nSPS) is 15.3. The Balaban J connectivity index is 1.64. The van der Waals surface area contributed by atoms with Gasteiger partial charge in [0.1, 0.15) is 0 Å². The van der Waals surface area contributed by atoms with Crippen molar-refractivity contribution in [2.24, 2.45) is 0 Å². The molecule has 0 saturated carbocycles. The van der Waals surface area contributed by atoms with Gasteiger partial charge in [-0.15, -0.1) is 0 Å². The zero-order valence-corrected chi connectivity index (χ0v) is 14.6. The number of hydrogen-bond acceptors (Lipinski definition) is 5. The van der Waals surface area contributed by atoms with E-state index in [2.05, 4.69) is 19.6 Å². The molecule has 3 rings (SSSR count). The summed E-state index contributed by atoms with van der Waals surface area (Å²) in [5.74, 6) is 0.595. The van der Waals surface area contributed by atoms with Gasteiger partial charge in [-0.2, -0.15) is 0 Å². The first-order valence-corrected chi connectivity index (χ1v) is 9.80. The molecule has 1 aromatic carbocycles. The molecule has 1 aromatic heterocycles. The first kappa shape index (κ1) is 16.7. The number of benzene rings is 1. The number of anilines is 2. The van der Waals surface area contributed by atoms with E-state index in [0.29, 0.717) is 11.6 Å². The van der Waals surface area contributed by atoms with Crippen LogP contribution in [0, 0.1) is 6.92 Å². The van der Waals surface area contributed by atoms with Gasteiger partial charge in [0.2, 0.25) is 16.0 Å². The van der Waals surface area contributed by atoms with Crippen LogP contribution in [0.5, 0.6) is 0 Å². The van der Waals surface area contributed by atoms with E-state index in [-0.39, 0.29) is 5.75 Å². The van der Waals surface area contributed by atoms with Gasteiger partial charge in [0.05, 0.1) is 23.8 Å². The Morgan fingerprint density at radius 3 is 2.29 bits per heavy atom. The van der Waals surface area contributed by atoms with Crippen LogP contribution < -0.4 is 9.62 Å². The molecule has 0 bridgehead atoms. The highest BCUT2D eigenvalue weighted by molar-refractivity contribution is 7.91. The molecule has 0 amide bonds. The van der Waals surface area contributed by atoms with E-state index in [9.17, 15) is 8.42 Å². The van der Waals surface area contributed by atoms with Gasteiger partial charge in [-0.1, -0.05) is 29.8 Å². The van der Waals surface area contributed by atoms with Crippen LogP contribution in [0.25, 0.3) is 0 Å². The fourth-order valence-corrected chi connectivity index (χ4v) is 3.92. The molecule has 1 aliphatic heterocycles. The summed E-state index contributed by atoms with van der Waals surface area (Å²) in [5, 5.41) is 0. The number of piperidine rings is 1. The highest BCUT2D eigenvalue weighted by Gasteiger charge is 2.15. The molecule has 0 atom stereocenters. The SMILES string of the molecule is Cc1ccc(CS(=O)(=O)Nc2cnc(N3CCCCC3)nc2)cc1. The van der Waals surface area contributed by atoms with Crippen molar-refractivity contribution in [3.63, 3.8) is 0 Å². The Bertz CT molecular complexity index is 767. The average molecular weight is 346 g/mol. The van der Waals surface area contributed by atoms with E-state index < -0.39 is 10.0 Å². The summed E-state index contributed by atoms with van der Waals surface area (Å²) in [7, 11) is -3.48. The molecule has 0 aliphatic carbocycles. The summed E-state index contributed by atoms with van der Waals surface area (Å²) in [6.45, 7) is 3.88. The minimum atomic E-state index is -3.48. The summed E-state index contributed by atoms with van der Waals surface area (Å²) in [6, 6.07) is 7.46. The zero-order valence-electron chi connectivity index (χ0n) is 13.8. The van der Waals surface area contributed by atoms with E-state index in [1.165, 1.54) is 18.8 Å². The lowest BCUT2D eigenvalue weighted by Gasteiger charge is -2.26. The van der Waals surface area contributed by atoms with Gasteiger partial charge in [0, 0.05) is 13.1 Å². The second-order valence-electron chi connectivity index (χ2n) is 6.17. The molecular weight excluding hydrogens is 324 g/mol. The molecule has 128 valence electrons. The first-order chi connectivity index (χ1) is 11.5. The minimum Gasteiger partial charge on any atom is -0.341 e. The maximum Gasteiger partial charge on any atom is 0.237 e. The Labute approximate surface area is 143 Å². The molecule has 7 heteroatoms. The van der Waals surface area contributed by atoms with Crippen LogP contribution in [0.1, 0.15) is 30.4 Å². The highest BCUT2D eigenvalue weighted by Crippen LogP contribution is 2.17. The van der Waals surface area contributed by atoms with Gasteiger partial charge in [0.15, 0.2) is 0 Å². The van der Waals surface area contributed by atoms with Crippen molar-refractivity contribution in [3.8, 4) is 0 Å². The molecule has 6 nitrogen and oxygen atoms in total. The molecule has 0 spiro atoms. The minimum absolute atomic E-state index is 0.0683. The van der Waals surface area contributed by atoms with E-state index in [1.807, 2.05) is 31.2 Å². The van der Waals surface area contributed by atoms with Crippen molar-refractivity contribution in [1.82, 2.24) is 9.97 Å². The summed E-state index contributed by atoms with van der Waals surface area (Å²) >= 11 is 0. The number of nitrogens with one attached hydrogen (secondary N) is 1. The molecule has 2 aromatic rings. The summed E-state index contributed by atoms with van der Waals surface area (Å²) in [5.41, 5.74) is 2.24. The Kier molecular flexibility index (Phi) is 4.99. The zero-order chi connectivity index (χ0) is 17.0. The molecular formula is C17H22N4O2S. The van der Waals surface area contributed by atoms with Crippen LogP contribution >= 0.6 is 0 Å². The van der Waals surface area contributed by atoms with Crippen LogP contribution in [0.15, 0.2) is 36.7 Å². The summed E-state index contributed by atoms with van der Waals surface area (Å²) in [4.78, 5) is 10.7. The fourth-order valence-electron chi connectivity index (χ4n) is 2.75. The number of sulfonamides is 1. The number of aryl methyl sites for hydroxylation is 1. The maximum absolute atomic E-state index is 12.3. The summed E-state index contributed by atoms with van der Waals surface area (Å²) < 4.78 is 27.1. The lowest BCUT2D eigenvalue weighted by molar-refractivity contribution is 0.568. The lowest BCUT2D eigenvalue weighted by Crippen LogP contribution is -2.30. The third-order valence-corrected chi connectivity index (χ3v) is 5.29. The Morgan fingerprint density at radius 1 is 1.04 bits per heavy atom. The van der Waals surface area contributed by atoms with Crippen LogP contribution in [0.4, 0.5) is 11.6 Å². The maximum atomic E-state index is 12.3. The molecule has 2 heterocycles. The fraction of sp³-hybridized carbons (Fsp3) is 0.412. The second kappa shape index (κ2) is 7.17. The lowest BCUT2D eigenvalue weighted by atomic mass is 10.1. The van der Waals surface area contributed by atoms with E-state index in [4.69, 9.17) is 0 Å². The molecule has 1 aliphatic rings. The highest BCUT2D eigenvalue weighted by atomic mass is 32.2. The smallest absolute Gasteiger partial charge is 0.237 e. The predicted molar refractivity (Wildman–Crippen MR) is 95.5 cm³/mol. The number of rotatable bonds is 5. The third-order valence-electron chi connectivity index (χ3n) is 4.03. The number of nitrogens with zero attached hydrogens (tertiary/aromatic N) is 3. The Hall–Kier alpha value is -2.15. The van der Waals surface area contributed by atoms with Gasteiger partial charge in [0.25, 0.3) is 0 Å². The van der Waals surface area contributed by atoms with Crippen LogP contribution in [0.3, 0.4) is 0 Å². The van der Waals surface area contributed by atoms with Gasteiger partial charge in [-0.25, -0.2) is 18.4 Å². The number of hydrogen-bond donors (Lipinski definition) is 1. The standard InChI is InChI=1S/C17H22N4O2S/c1-14-5-7-15(8-6-14)13-24(22,23)20-16-11-18-17(19-12-16)21-9-3-2-4-10-21/h5-8,11-12,20H,2-4,9-10,13H2,1H3. The molecule has 1 N–H and O–H groups in total. The second-order valence-corrected chi connectivity index (χ2v) is 7.89. The first-order valence-electron chi connectivity index (χ1n) is 8.15. The molecule has 0 unspecified atom stereocenters. The van der Waals surface area contributed by atoms with Crippen molar-refractivity contribution in [1.29, 1.82) is 0 Å². The quantitative estimate of drug-likeness (QED) is 0.901. The predicted octanol–water partition coefficient (Wildman–Crippen LogP) is 2.72. The van der Waals surface area contributed by atoms with Gasteiger partial charge in [-0.3, -0.25) is 4.72 Å². The van der Waals surface area contributed by atoms with Crippen molar-refractivity contribution < 1.29 is 8.42 Å². The van der Waals surface area contributed by atoms with Crippen LogP contribution in [0.2, 0.25) is 0 Å². The summed E-state index contributed by atoms with van der Waals surface area (Å²) in [6.07, 6.45) is 6.60. The van der Waals surface area contributed by atoms with Gasteiger partial charge in [-0.05, 0) is 31.7 Å². The van der Waals surface area contributed by atoms with Crippen molar-refractivity contribution >= 4 is 21.7 Å². The van der Waals surface area contributed by atoms with Crippen molar-refractivity contribution in [2.75, 3.05) is 22.7 Å². The van der Waals surface area contributed by atoms with E-state index >= 15 is 0 Å². The number of aromatic nitrogens is 2. The van der Waals surface area contributed by atoms with E-state index in [0.717, 1.165) is 37.1 Å². The topological polar surface area (TPSA) is 75.2 Å². The van der Waals surface area contributed by atoms with Gasteiger partial charge >= 0.3 is 0 Å². The molecule has 1 fully saturated rings. The van der Waals surface area contributed by atoms with Crippen LogP contribution in [-0.4, -0.2) is 31.5 Å².